The highest BCUT2D eigenvalue weighted by atomic mass is 32.2. The average molecular weight is 281 g/mol. The van der Waals surface area contributed by atoms with Crippen molar-refractivity contribution in [3.8, 4) is 0 Å². The van der Waals surface area contributed by atoms with Gasteiger partial charge in [0.05, 0.1) is 10.1 Å². The van der Waals surface area contributed by atoms with Gasteiger partial charge in [-0.3, -0.25) is 0 Å². The highest BCUT2D eigenvalue weighted by molar-refractivity contribution is 7.92. The predicted molar refractivity (Wildman–Crippen MR) is 78.0 cm³/mol. The van der Waals surface area contributed by atoms with E-state index >= 15 is 0 Å². The first kappa shape index (κ1) is 14.5. The fourth-order valence-electron chi connectivity index (χ4n) is 2.71. The van der Waals surface area contributed by atoms with Gasteiger partial charge in [-0.15, -0.1) is 0 Å². The number of hydrogen-bond acceptors (Lipinski definition) is 3. The molecule has 1 aromatic carbocycles. The van der Waals surface area contributed by atoms with E-state index in [-0.39, 0.29) is 11.5 Å². The van der Waals surface area contributed by atoms with Crippen LogP contribution in [0.15, 0.2) is 23.1 Å². The third-order valence-electron chi connectivity index (χ3n) is 3.91. The summed E-state index contributed by atoms with van der Waals surface area (Å²) in [7, 11) is -3.24. The quantitative estimate of drug-likeness (QED) is 0.906. The van der Waals surface area contributed by atoms with Crippen LogP contribution in [0, 0.1) is 0 Å². The zero-order chi connectivity index (χ0) is 14.4. The maximum atomic E-state index is 12.5. The monoisotopic (exact) mass is 281 g/mol. The Balaban J connectivity index is 2.56. The molecule has 0 aliphatic carbocycles. The number of rotatable bonds is 2. The number of fused-ring (bicyclic) bond motifs is 1. The second kappa shape index (κ2) is 4.60. The third kappa shape index (κ3) is 2.32. The summed E-state index contributed by atoms with van der Waals surface area (Å²) in [5.74, 6) is 0. The van der Waals surface area contributed by atoms with Crippen LogP contribution in [-0.4, -0.2) is 13.7 Å². The van der Waals surface area contributed by atoms with Gasteiger partial charge in [-0.25, -0.2) is 8.42 Å². The minimum Gasteiger partial charge on any atom is -0.323 e. The summed E-state index contributed by atoms with van der Waals surface area (Å²) in [6, 6.07) is 5.24. The van der Waals surface area contributed by atoms with E-state index in [0.29, 0.717) is 11.3 Å². The Morgan fingerprint density at radius 3 is 2.42 bits per heavy atom. The molecule has 1 heterocycles. The first-order valence-corrected chi connectivity index (χ1v) is 8.38. The van der Waals surface area contributed by atoms with Crippen molar-refractivity contribution in [2.75, 3.05) is 0 Å². The largest absolute Gasteiger partial charge is 0.323 e. The van der Waals surface area contributed by atoms with E-state index in [9.17, 15) is 8.42 Å². The van der Waals surface area contributed by atoms with Gasteiger partial charge in [-0.1, -0.05) is 46.2 Å². The molecule has 0 fully saturated rings. The Bertz CT molecular complexity index is 585. The molecule has 0 amide bonds. The molecule has 0 aromatic heterocycles. The van der Waals surface area contributed by atoms with Crippen LogP contribution < -0.4 is 5.73 Å². The molecule has 1 aromatic rings. The Morgan fingerprint density at radius 1 is 1.26 bits per heavy atom. The van der Waals surface area contributed by atoms with Gasteiger partial charge in [0.1, 0.15) is 0 Å². The fraction of sp³-hybridized carbons (Fsp3) is 0.600. The predicted octanol–water partition coefficient (Wildman–Crippen LogP) is 2.94. The maximum absolute atomic E-state index is 12.5. The maximum Gasteiger partial charge on any atom is 0.183 e. The number of sulfone groups is 1. The molecular weight excluding hydrogens is 258 g/mol. The highest BCUT2D eigenvalue weighted by Gasteiger charge is 2.42. The normalized spacial score (nSPS) is 25.3. The van der Waals surface area contributed by atoms with Gasteiger partial charge >= 0.3 is 0 Å². The Morgan fingerprint density at radius 2 is 1.89 bits per heavy atom. The van der Waals surface area contributed by atoms with Gasteiger partial charge < -0.3 is 5.73 Å². The van der Waals surface area contributed by atoms with Crippen LogP contribution in [0.1, 0.15) is 57.7 Å². The fourth-order valence-corrected chi connectivity index (χ4v) is 4.90. The lowest BCUT2D eigenvalue weighted by Gasteiger charge is -2.20. The number of nitrogens with two attached hydrogens (primary N) is 1. The van der Waals surface area contributed by atoms with Crippen molar-refractivity contribution < 1.29 is 8.42 Å². The van der Waals surface area contributed by atoms with Crippen LogP contribution in [0.2, 0.25) is 0 Å². The average Bonchev–Trinajstić information content (AvgIpc) is 2.50. The first-order valence-electron chi connectivity index (χ1n) is 6.83. The van der Waals surface area contributed by atoms with Crippen molar-refractivity contribution in [1.82, 2.24) is 0 Å². The molecule has 19 heavy (non-hydrogen) atoms. The molecule has 2 atom stereocenters. The van der Waals surface area contributed by atoms with Crippen molar-refractivity contribution in [2.45, 2.75) is 62.1 Å². The van der Waals surface area contributed by atoms with Crippen molar-refractivity contribution in [1.29, 1.82) is 0 Å². The number of hydrogen-bond donors (Lipinski definition) is 1. The van der Waals surface area contributed by atoms with Crippen LogP contribution in [0.4, 0.5) is 0 Å². The summed E-state index contributed by atoms with van der Waals surface area (Å²) >= 11 is 0. The lowest BCUT2D eigenvalue weighted by atomic mass is 9.85. The van der Waals surface area contributed by atoms with Crippen LogP contribution in [0.5, 0.6) is 0 Å². The molecule has 1 aliphatic rings. The first-order chi connectivity index (χ1) is 8.69. The van der Waals surface area contributed by atoms with Crippen LogP contribution in [-0.2, 0) is 15.3 Å². The summed E-state index contributed by atoms with van der Waals surface area (Å²) < 4.78 is 24.9. The molecule has 0 saturated carbocycles. The summed E-state index contributed by atoms with van der Waals surface area (Å²) in [6.45, 7) is 8.35. The summed E-state index contributed by atoms with van der Waals surface area (Å²) in [5, 5.41) is -0.456. The van der Waals surface area contributed by atoms with Gasteiger partial charge in [-0.2, -0.15) is 0 Å². The standard InChI is InChI=1S/C15H23NO2S/c1-5-6-13-14(16)11-9-10(15(2,3)4)7-8-12(11)19(13,17)18/h7-9,13-14H,5-6,16H2,1-4H3. The lowest BCUT2D eigenvalue weighted by Crippen LogP contribution is -2.26. The summed E-state index contributed by atoms with van der Waals surface area (Å²) in [6.07, 6.45) is 1.46. The van der Waals surface area contributed by atoms with Crippen molar-refractivity contribution in [3.63, 3.8) is 0 Å². The Hall–Kier alpha value is -0.870. The van der Waals surface area contributed by atoms with Crippen molar-refractivity contribution in [2.24, 2.45) is 5.73 Å². The van der Waals surface area contributed by atoms with E-state index in [4.69, 9.17) is 5.73 Å². The molecule has 2 unspecified atom stereocenters. The third-order valence-corrected chi connectivity index (χ3v) is 6.22. The molecule has 0 radical (unpaired) electrons. The molecular formula is C15H23NO2S. The molecule has 0 bridgehead atoms. The van der Waals surface area contributed by atoms with Crippen LogP contribution >= 0.6 is 0 Å². The van der Waals surface area contributed by atoms with Crippen molar-refractivity contribution in [3.05, 3.63) is 29.3 Å². The molecule has 2 rings (SSSR count). The smallest absolute Gasteiger partial charge is 0.183 e. The van der Waals surface area contributed by atoms with E-state index in [2.05, 4.69) is 20.8 Å². The Kier molecular flexibility index (Phi) is 3.52. The van der Waals surface area contributed by atoms with E-state index in [0.717, 1.165) is 17.5 Å². The molecule has 0 saturated heterocycles. The van der Waals surface area contributed by atoms with E-state index in [1.54, 1.807) is 6.07 Å². The topological polar surface area (TPSA) is 60.2 Å². The van der Waals surface area contributed by atoms with Gasteiger partial charge in [0.15, 0.2) is 9.84 Å². The zero-order valence-corrected chi connectivity index (χ0v) is 12.9. The van der Waals surface area contributed by atoms with Crippen LogP contribution in [0.3, 0.4) is 0 Å². The SMILES string of the molecule is CCCC1C(N)c2cc(C(C)(C)C)ccc2S1(=O)=O. The van der Waals surface area contributed by atoms with E-state index in [1.165, 1.54) is 0 Å². The van der Waals surface area contributed by atoms with Gasteiger partial charge in [-0.05, 0) is 29.0 Å². The molecule has 4 heteroatoms. The Labute approximate surface area is 116 Å². The lowest BCUT2D eigenvalue weighted by molar-refractivity contribution is 0.554. The molecule has 3 nitrogen and oxygen atoms in total. The van der Waals surface area contributed by atoms with E-state index in [1.807, 2.05) is 19.1 Å². The van der Waals surface area contributed by atoms with Crippen LogP contribution in [0.25, 0.3) is 0 Å². The van der Waals surface area contributed by atoms with Crippen molar-refractivity contribution >= 4 is 9.84 Å². The number of benzene rings is 1. The van der Waals surface area contributed by atoms with Gasteiger partial charge in [0, 0.05) is 6.04 Å². The molecule has 106 valence electrons. The summed E-state index contributed by atoms with van der Waals surface area (Å²) in [4.78, 5) is 0.437. The highest BCUT2D eigenvalue weighted by Crippen LogP contribution is 2.41. The van der Waals surface area contributed by atoms with Gasteiger partial charge in [0.2, 0.25) is 0 Å². The second-order valence-electron chi connectivity index (χ2n) is 6.40. The molecule has 0 spiro atoms. The zero-order valence-electron chi connectivity index (χ0n) is 12.1. The van der Waals surface area contributed by atoms with Gasteiger partial charge in [0.25, 0.3) is 0 Å². The van der Waals surface area contributed by atoms with E-state index < -0.39 is 15.1 Å². The molecule has 1 aliphatic heterocycles. The second-order valence-corrected chi connectivity index (χ2v) is 8.54. The minimum absolute atomic E-state index is 0.00134. The molecule has 2 N–H and O–H groups in total. The minimum atomic E-state index is -3.24. The summed E-state index contributed by atoms with van der Waals surface area (Å²) in [5.41, 5.74) is 8.12.